The lowest BCUT2D eigenvalue weighted by atomic mass is 9.78. The molecule has 2 aliphatic rings. The van der Waals surface area contributed by atoms with Gasteiger partial charge in [0.25, 0.3) is 0 Å². The summed E-state index contributed by atoms with van der Waals surface area (Å²) in [6, 6.07) is 9.23. The summed E-state index contributed by atoms with van der Waals surface area (Å²) in [4.78, 5) is 0. The van der Waals surface area contributed by atoms with E-state index in [4.69, 9.17) is 4.74 Å². The van der Waals surface area contributed by atoms with Gasteiger partial charge in [-0.25, -0.2) is 0 Å². The number of hydrogen-bond donors (Lipinski definition) is 1. The third-order valence-corrected chi connectivity index (χ3v) is 4.09. The molecule has 0 radical (unpaired) electrons. The highest BCUT2D eigenvalue weighted by atomic mass is 16.5. The molecule has 1 N–H and O–H groups in total. The number of para-hydroxylation sites is 1. The largest absolute Gasteiger partial charge is 0.382 e. The number of fused-ring (bicyclic) bond motifs is 3. The lowest BCUT2D eigenvalue weighted by molar-refractivity contribution is -0.0385. The van der Waals surface area contributed by atoms with Gasteiger partial charge in [-0.05, 0) is 25.3 Å². The molecule has 1 saturated heterocycles. The van der Waals surface area contributed by atoms with Gasteiger partial charge in [0, 0.05) is 29.8 Å². The van der Waals surface area contributed by atoms with Crippen LogP contribution < -0.4 is 5.32 Å². The van der Waals surface area contributed by atoms with Crippen molar-refractivity contribution in [2.24, 2.45) is 5.92 Å². The van der Waals surface area contributed by atoms with Crippen LogP contribution >= 0.6 is 0 Å². The maximum absolute atomic E-state index is 6.04. The molecule has 2 aliphatic heterocycles. The Balaban J connectivity index is 1.94. The zero-order valence-corrected chi connectivity index (χ0v) is 10.5. The van der Waals surface area contributed by atoms with Gasteiger partial charge in [-0.1, -0.05) is 31.5 Å². The SMILES string of the molecule is CCCC1Nc2ccccc2C2OCCCC12. The molecule has 0 aromatic heterocycles. The Morgan fingerprint density at radius 1 is 1.35 bits per heavy atom. The molecule has 92 valence electrons. The van der Waals surface area contributed by atoms with Crippen LogP contribution in [0.5, 0.6) is 0 Å². The van der Waals surface area contributed by atoms with E-state index in [-0.39, 0.29) is 0 Å². The smallest absolute Gasteiger partial charge is 0.0892 e. The van der Waals surface area contributed by atoms with Gasteiger partial charge >= 0.3 is 0 Å². The molecule has 0 spiro atoms. The van der Waals surface area contributed by atoms with Gasteiger partial charge in [0.15, 0.2) is 0 Å². The summed E-state index contributed by atoms with van der Waals surface area (Å²) in [6.07, 6.45) is 5.34. The van der Waals surface area contributed by atoms with Crippen molar-refractivity contribution < 1.29 is 4.74 Å². The van der Waals surface area contributed by atoms with Crippen LogP contribution in [0.25, 0.3) is 0 Å². The molecular formula is C15H21NO. The van der Waals surface area contributed by atoms with Gasteiger partial charge in [-0.2, -0.15) is 0 Å². The van der Waals surface area contributed by atoms with Crippen molar-refractivity contribution in [3.8, 4) is 0 Å². The first kappa shape index (κ1) is 11.1. The van der Waals surface area contributed by atoms with Crippen molar-refractivity contribution in [1.82, 2.24) is 0 Å². The van der Waals surface area contributed by atoms with Crippen molar-refractivity contribution in [2.75, 3.05) is 11.9 Å². The van der Waals surface area contributed by atoms with E-state index in [1.807, 2.05) is 0 Å². The number of ether oxygens (including phenoxy) is 1. The molecule has 1 aromatic rings. The van der Waals surface area contributed by atoms with Crippen LogP contribution in [-0.4, -0.2) is 12.6 Å². The Morgan fingerprint density at radius 3 is 3.12 bits per heavy atom. The lowest BCUT2D eigenvalue weighted by Gasteiger charge is -2.43. The molecule has 0 saturated carbocycles. The molecule has 3 rings (SSSR count). The van der Waals surface area contributed by atoms with Crippen LogP contribution in [0.3, 0.4) is 0 Å². The third-order valence-electron chi connectivity index (χ3n) is 4.09. The molecule has 1 aromatic carbocycles. The first-order valence-corrected chi connectivity index (χ1v) is 6.87. The number of benzene rings is 1. The van der Waals surface area contributed by atoms with Gasteiger partial charge in [0.1, 0.15) is 0 Å². The van der Waals surface area contributed by atoms with E-state index in [1.165, 1.54) is 36.9 Å². The van der Waals surface area contributed by atoms with E-state index in [0.717, 1.165) is 6.61 Å². The van der Waals surface area contributed by atoms with Gasteiger partial charge in [-0.3, -0.25) is 0 Å². The highest BCUT2D eigenvalue weighted by Crippen LogP contribution is 2.44. The highest BCUT2D eigenvalue weighted by molar-refractivity contribution is 5.55. The van der Waals surface area contributed by atoms with Gasteiger partial charge in [0.2, 0.25) is 0 Å². The fourth-order valence-electron chi connectivity index (χ4n) is 3.32. The molecule has 3 atom stereocenters. The zero-order valence-electron chi connectivity index (χ0n) is 10.5. The summed E-state index contributed by atoms with van der Waals surface area (Å²) in [5.41, 5.74) is 2.65. The summed E-state index contributed by atoms with van der Waals surface area (Å²) in [5, 5.41) is 3.72. The van der Waals surface area contributed by atoms with Crippen LogP contribution in [0, 0.1) is 5.92 Å². The predicted octanol–water partition coefficient (Wildman–Crippen LogP) is 3.75. The van der Waals surface area contributed by atoms with Crippen LogP contribution in [0.2, 0.25) is 0 Å². The van der Waals surface area contributed by atoms with Crippen molar-refractivity contribution >= 4 is 5.69 Å². The van der Waals surface area contributed by atoms with E-state index in [9.17, 15) is 0 Å². The predicted molar refractivity (Wildman–Crippen MR) is 70.2 cm³/mol. The first-order valence-electron chi connectivity index (χ1n) is 6.87. The molecule has 0 amide bonds. The zero-order chi connectivity index (χ0) is 11.7. The monoisotopic (exact) mass is 231 g/mol. The second-order valence-electron chi connectivity index (χ2n) is 5.22. The number of hydrogen-bond acceptors (Lipinski definition) is 2. The van der Waals surface area contributed by atoms with Crippen molar-refractivity contribution in [3.05, 3.63) is 29.8 Å². The molecule has 3 unspecified atom stereocenters. The van der Waals surface area contributed by atoms with Crippen LogP contribution in [0.1, 0.15) is 44.3 Å². The fraction of sp³-hybridized carbons (Fsp3) is 0.600. The normalized spacial score (nSPS) is 31.2. The average Bonchev–Trinajstić information content (AvgIpc) is 2.39. The summed E-state index contributed by atoms with van der Waals surface area (Å²) in [6.45, 7) is 3.19. The third kappa shape index (κ3) is 1.95. The second kappa shape index (κ2) is 4.69. The van der Waals surface area contributed by atoms with Gasteiger partial charge < -0.3 is 10.1 Å². The summed E-state index contributed by atoms with van der Waals surface area (Å²) >= 11 is 0. The molecule has 1 fully saturated rings. The standard InChI is InChI=1S/C15H21NO/c1-2-6-13-12-8-5-10-17-15(12)11-7-3-4-9-14(11)16-13/h3-4,7,9,12-13,15-16H,2,5-6,8,10H2,1H3. The average molecular weight is 231 g/mol. The second-order valence-corrected chi connectivity index (χ2v) is 5.22. The van der Waals surface area contributed by atoms with E-state index >= 15 is 0 Å². The minimum absolute atomic E-state index is 0.331. The van der Waals surface area contributed by atoms with E-state index in [2.05, 4.69) is 36.5 Å². The number of anilines is 1. The van der Waals surface area contributed by atoms with E-state index in [0.29, 0.717) is 18.1 Å². The minimum Gasteiger partial charge on any atom is -0.382 e. The number of nitrogens with one attached hydrogen (secondary N) is 1. The molecule has 0 aliphatic carbocycles. The molecule has 2 nitrogen and oxygen atoms in total. The summed E-state index contributed by atoms with van der Waals surface area (Å²) in [7, 11) is 0. The molecular weight excluding hydrogens is 210 g/mol. The Hall–Kier alpha value is -1.02. The molecule has 0 bridgehead atoms. The van der Waals surface area contributed by atoms with Crippen LogP contribution in [-0.2, 0) is 4.74 Å². The summed E-state index contributed by atoms with van der Waals surface area (Å²) < 4.78 is 6.04. The quantitative estimate of drug-likeness (QED) is 0.837. The maximum atomic E-state index is 6.04. The summed E-state index contributed by atoms with van der Waals surface area (Å²) in [5.74, 6) is 0.665. The van der Waals surface area contributed by atoms with E-state index in [1.54, 1.807) is 0 Å². The highest BCUT2D eigenvalue weighted by Gasteiger charge is 2.38. The van der Waals surface area contributed by atoms with Crippen molar-refractivity contribution in [3.63, 3.8) is 0 Å². The van der Waals surface area contributed by atoms with Gasteiger partial charge in [-0.15, -0.1) is 0 Å². The molecule has 2 heteroatoms. The Morgan fingerprint density at radius 2 is 2.24 bits per heavy atom. The lowest BCUT2D eigenvalue weighted by Crippen LogP contribution is -2.41. The molecule has 17 heavy (non-hydrogen) atoms. The maximum Gasteiger partial charge on any atom is 0.0892 e. The van der Waals surface area contributed by atoms with Crippen molar-refractivity contribution in [1.29, 1.82) is 0 Å². The van der Waals surface area contributed by atoms with E-state index < -0.39 is 0 Å². The molecule has 2 heterocycles. The Kier molecular flexibility index (Phi) is 3.06. The Bertz CT molecular complexity index is 390. The fourth-order valence-corrected chi connectivity index (χ4v) is 3.32. The van der Waals surface area contributed by atoms with Gasteiger partial charge in [0.05, 0.1) is 6.10 Å². The van der Waals surface area contributed by atoms with Crippen molar-refractivity contribution in [2.45, 2.75) is 44.8 Å². The Labute approximate surface area is 103 Å². The minimum atomic E-state index is 0.331. The van der Waals surface area contributed by atoms with Crippen LogP contribution in [0.15, 0.2) is 24.3 Å². The topological polar surface area (TPSA) is 21.3 Å². The first-order chi connectivity index (χ1) is 8.40. The van der Waals surface area contributed by atoms with Crippen LogP contribution in [0.4, 0.5) is 5.69 Å². The number of rotatable bonds is 2.